The number of pyridine rings is 1. The Bertz CT molecular complexity index is 906. The number of amides is 3. The molecule has 0 unspecified atom stereocenters. The highest BCUT2D eigenvalue weighted by Gasteiger charge is 2.53. The lowest BCUT2D eigenvalue weighted by Gasteiger charge is -2.40. The lowest BCUT2D eigenvalue weighted by atomic mass is 9.67. The van der Waals surface area contributed by atoms with Gasteiger partial charge in [-0.05, 0) is 49.1 Å². The minimum atomic E-state index is -0.735. The number of nitrogens with zero attached hydrogens (tertiary/aromatic N) is 3. The van der Waals surface area contributed by atoms with E-state index in [1.165, 1.54) is 4.90 Å². The van der Waals surface area contributed by atoms with E-state index in [0.717, 1.165) is 18.5 Å². The summed E-state index contributed by atoms with van der Waals surface area (Å²) in [5.74, 6) is 0.458. The molecule has 1 aliphatic heterocycles. The molecule has 0 aromatic carbocycles. The van der Waals surface area contributed by atoms with Crippen molar-refractivity contribution in [3.05, 3.63) is 35.2 Å². The van der Waals surface area contributed by atoms with Gasteiger partial charge in [-0.2, -0.15) is 0 Å². The van der Waals surface area contributed by atoms with E-state index in [0.29, 0.717) is 29.5 Å². The highest BCUT2D eigenvalue weighted by Crippen LogP contribution is 2.43. The standard InChI is InChI=1S/C20H25ClN4O2/c1-19(2,3)13-6-8-20(9-7-13)17(26)25(18(27)23-20)12-15-11-24-10-14(21)4-5-16(24)22-15/h4-5,10-11,13H,6-9,12H2,1-3H3,(H,23,27). The number of fused-ring (bicyclic) bond motifs is 1. The number of carbonyl (C=O) groups is 2. The second-order valence-corrected chi connectivity index (χ2v) is 9.33. The van der Waals surface area contributed by atoms with Crippen LogP contribution >= 0.6 is 11.6 Å². The van der Waals surface area contributed by atoms with E-state index in [2.05, 4.69) is 31.1 Å². The van der Waals surface area contributed by atoms with Gasteiger partial charge in [-0.3, -0.25) is 9.69 Å². The normalized spacial score (nSPS) is 26.2. The number of halogens is 1. The van der Waals surface area contributed by atoms with Crippen molar-refractivity contribution in [3.8, 4) is 0 Å². The highest BCUT2D eigenvalue weighted by molar-refractivity contribution is 6.30. The number of nitrogens with one attached hydrogen (secondary N) is 1. The molecule has 6 nitrogen and oxygen atoms in total. The van der Waals surface area contributed by atoms with Crippen LogP contribution in [0.25, 0.3) is 5.65 Å². The number of imidazole rings is 1. The van der Waals surface area contributed by atoms with Gasteiger partial charge >= 0.3 is 6.03 Å². The third-order valence-corrected chi connectivity index (χ3v) is 6.32. The molecule has 144 valence electrons. The van der Waals surface area contributed by atoms with Crippen LogP contribution in [0, 0.1) is 11.3 Å². The number of rotatable bonds is 2. The van der Waals surface area contributed by atoms with Crippen LogP contribution in [0.5, 0.6) is 0 Å². The molecule has 0 bridgehead atoms. The van der Waals surface area contributed by atoms with E-state index in [4.69, 9.17) is 11.6 Å². The lowest BCUT2D eigenvalue weighted by molar-refractivity contribution is -0.133. The summed E-state index contributed by atoms with van der Waals surface area (Å²) in [6.07, 6.45) is 6.89. The van der Waals surface area contributed by atoms with E-state index >= 15 is 0 Å². The fourth-order valence-corrected chi connectivity index (χ4v) is 4.56. The van der Waals surface area contributed by atoms with Gasteiger partial charge in [0.1, 0.15) is 11.2 Å². The largest absolute Gasteiger partial charge is 0.325 e. The Labute approximate surface area is 163 Å². The van der Waals surface area contributed by atoms with E-state index in [-0.39, 0.29) is 23.9 Å². The summed E-state index contributed by atoms with van der Waals surface area (Å²) in [6, 6.07) is 3.26. The van der Waals surface area contributed by atoms with Crippen LogP contribution in [0.1, 0.15) is 52.1 Å². The molecule has 7 heteroatoms. The van der Waals surface area contributed by atoms with Crippen molar-refractivity contribution in [3.63, 3.8) is 0 Å². The molecule has 2 fully saturated rings. The molecule has 2 aliphatic rings. The van der Waals surface area contributed by atoms with E-state index in [1.807, 2.05) is 12.3 Å². The summed E-state index contributed by atoms with van der Waals surface area (Å²) in [5, 5.41) is 3.59. The molecule has 3 amide bonds. The van der Waals surface area contributed by atoms with Crippen LogP contribution in [0.3, 0.4) is 0 Å². The topological polar surface area (TPSA) is 66.7 Å². The lowest BCUT2D eigenvalue weighted by Crippen LogP contribution is -2.50. The smallest absolute Gasteiger partial charge is 0.323 e. The molecule has 2 aromatic rings. The van der Waals surface area contributed by atoms with Crippen LogP contribution in [0.4, 0.5) is 4.79 Å². The molecule has 1 spiro atoms. The molecule has 0 atom stereocenters. The maximum absolute atomic E-state index is 13.1. The Morgan fingerprint density at radius 1 is 1.22 bits per heavy atom. The predicted molar refractivity (Wildman–Crippen MR) is 103 cm³/mol. The number of imide groups is 1. The number of hydrogen-bond donors (Lipinski definition) is 1. The zero-order chi connectivity index (χ0) is 19.4. The van der Waals surface area contributed by atoms with Crippen molar-refractivity contribution in [1.29, 1.82) is 0 Å². The van der Waals surface area contributed by atoms with E-state index in [9.17, 15) is 9.59 Å². The van der Waals surface area contributed by atoms with Crippen molar-refractivity contribution in [2.24, 2.45) is 11.3 Å². The minimum Gasteiger partial charge on any atom is -0.323 e. The van der Waals surface area contributed by atoms with Crippen LogP contribution in [0.2, 0.25) is 5.02 Å². The Morgan fingerprint density at radius 3 is 2.59 bits per heavy atom. The molecule has 1 saturated carbocycles. The molecule has 1 aliphatic carbocycles. The van der Waals surface area contributed by atoms with Gasteiger partial charge in [0, 0.05) is 12.4 Å². The monoisotopic (exact) mass is 388 g/mol. The third kappa shape index (κ3) is 3.20. The van der Waals surface area contributed by atoms with Crippen LogP contribution in [-0.4, -0.2) is 31.8 Å². The molecule has 3 heterocycles. The first kappa shape index (κ1) is 18.3. The summed E-state index contributed by atoms with van der Waals surface area (Å²) in [5.41, 5.74) is 0.898. The van der Waals surface area contributed by atoms with E-state index in [1.54, 1.807) is 16.7 Å². The molecule has 4 rings (SSSR count). The second-order valence-electron chi connectivity index (χ2n) is 8.89. The maximum atomic E-state index is 13.1. The first-order valence-electron chi connectivity index (χ1n) is 9.45. The first-order valence-corrected chi connectivity index (χ1v) is 9.83. The summed E-state index contributed by atoms with van der Waals surface area (Å²) in [7, 11) is 0. The van der Waals surface area contributed by atoms with Crippen molar-refractivity contribution in [1.82, 2.24) is 19.6 Å². The number of aromatic nitrogens is 2. The Morgan fingerprint density at radius 2 is 1.93 bits per heavy atom. The van der Waals surface area contributed by atoms with Crippen LogP contribution in [0.15, 0.2) is 24.5 Å². The van der Waals surface area contributed by atoms with Gasteiger partial charge in [0.05, 0.1) is 17.3 Å². The predicted octanol–water partition coefficient (Wildman–Crippen LogP) is 4.01. The van der Waals surface area contributed by atoms with Gasteiger partial charge in [-0.1, -0.05) is 32.4 Å². The van der Waals surface area contributed by atoms with Gasteiger partial charge < -0.3 is 9.72 Å². The number of urea groups is 1. The van der Waals surface area contributed by atoms with Crippen molar-refractivity contribution >= 4 is 29.2 Å². The molecule has 0 radical (unpaired) electrons. The van der Waals surface area contributed by atoms with Crippen molar-refractivity contribution in [2.45, 2.75) is 58.5 Å². The summed E-state index contributed by atoms with van der Waals surface area (Å²) >= 11 is 6.01. The number of hydrogen-bond acceptors (Lipinski definition) is 3. The zero-order valence-corrected chi connectivity index (χ0v) is 16.7. The average molecular weight is 389 g/mol. The molecular formula is C20H25ClN4O2. The van der Waals surface area contributed by atoms with Gasteiger partial charge in [0.15, 0.2) is 0 Å². The second kappa shape index (κ2) is 6.23. The van der Waals surface area contributed by atoms with Gasteiger partial charge in [-0.15, -0.1) is 0 Å². The third-order valence-electron chi connectivity index (χ3n) is 6.09. The van der Waals surface area contributed by atoms with Gasteiger partial charge in [0.25, 0.3) is 5.91 Å². The first-order chi connectivity index (χ1) is 12.7. The fourth-order valence-electron chi connectivity index (χ4n) is 4.39. The van der Waals surface area contributed by atoms with Crippen molar-refractivity contribution < 1.29 is 9.59 Å². The Balaban J connectivity index is 1.51. The fraction of sp³-hybridized carbons (Fsp3) is 0.550. The summed E-state index contributed by atoms with van der Waals surface area (Å²) in [4.78, 5) is 31.5. The van der Waals surface area contributed by atoms with Crippen molar-refractivity contribution in [2.75, 3.05) is 0 Å². The number of carbonyl (C=O) groups excluding carboxylic acids is 2. The van der Waals surface area contributed by atoms with Gasteiger partial charge in [-0.25, -0.2) is 9.78 Å². The minimum absolute atomic E-state index is 0.116. The van der Waals surface area contributed by atoms with Crippen LogP contribution in [-0.2, 0) is 11.3 Å². The molecular weight excluding hydrogens is 364 g/mol. The molecule has 27 heavy (non-hydrogen) atoms. The summed E-state index contributed by atoms with van der Waals surface area (Å²) in [6.45, 7) is 6.90. The Hall–Kier alpha value is -2.08. The van der Waals surface area contributed by atoms with Gasteiger partial charge in [0.2, 0.25) is 0 Å². The quantitative estimate of drug-likeness (QED) is 0.790. The highest BCUT2D eigenvalue weighted by atomic mass is 35.5. The maximum Gasteiger partial charge on any atom is 0.325 e. The molecule has 1 N–H and O–H groups in total. The van der Waals surface area contributed by atoms with Crippen LogP contribution < -0.4 is 5.32 Å². The SMILES string of the molecule is CC(C)(C)C1CCC2(CC1)NC(=O)N(Cc1cn3cc(Cl)ccc3n1)C2=O. The van der Waals surface area contributed by atoms with E-state index < -0.39 is 5.54 Å². The molecule has 1 saturated heterocycles. The zero-order valence-electron chi connectivity index (χ0n) is 16.0. The molecule has 2 aromatic heterocycles. The average Bonchev–Trinajstić information content (AvgIpc) is 3.08. The Kier molecular flexibility index (Phi) is 4.22. The summed E-state index contributed by atoms with van der Waals surface area (Å²) < 4.78 is 1.81.